The number of hydrogen-bond acceptors (Lipinski definition) is 3. The monoisotopic (exact) mass is 247 g/mol. The van der Waals surface area contributed by atoms with Gasteiger partial charge in [-0.3, -0.25) is 4.79 Å². The first kappa shape index (κ1) is 13.1. The largest absolute Gasteiger partial charge is 0.465 e. The van der Waals surface area contributed by atoms with Crippen LogP contribution >= 0.6 is 0 Å². The van der Waals surface area contributed by atoms with Crippen LogP contribution in [0, 0.1) is 5.92 Å². The average molecular weight is 247 g/mol. The van der Waals surface area contributed by atoms with E-state index in [-0.39, 0.29) is 5.97 Å². The van der Waals surface area contributed by atoms with Gasteiger partial charge in [0.2, 0.25) is 0 Å². The first-order valence-corrected chi connectivity index (χ1v) is 6.73. The van der Waals surface area contributed by atoms with Crippen LogP contribution in [0.1, 0.15) is 31.2 Å². The summed E-state index contributed by atoms with van der Waals surface area (Å²) in [5, 5.41) is 0. The predicted octanol–water partition coefficient (Wildman–Crippen LogP) is 2.29. The fourth-order valence-corrected chi connectivity index (χ4v) is 2.18. The summed E-state index contributed by atoms with van der Waals surface area (Å²) in [7, 11) is 0. The van der Waals surface area contributed by atoms with E-state index in [0.29, 0.717) is 12.5 Å². The van der Waals surface area contributed by atoms with Crippen LogP contribution in [0.5, 0.6) is 0 Å². The van der Waals surface area contributed by atoms with E-state index in [1.54, 1.807) is 0 Å². The highest BCUT2D eigenvalue weighted by atomic mass is 16.5. The van der Waals surface area contributed by atoms with Crippen LogP contribution in [0.4, 0.5) is 0 Å². The molecule has 0 radical (unpaired) electrons. The summed E-state index contributed by atoms with van der Waals surface area (Å²) in [6, 6.07) is 9.81. The van der Waals surface area contributed by atoms with Crippen molar-refractivity contribution in [1.82, 2.24) is 0 Å². The normalized spacial score (nSPS) is 16.9. The van der Waals surface area contributed by atoms with Crippen molar-refractivity contribution in [2.75, 3.05) is 6.61 Å². The Labute approximate surface area is 108 Å². The van der Waals surface area contributed by atoms with Crippen molar-refractivity contribution in [2.45, 2.75) is 38.1 Å². The molecule has 0 aromatic heterocycles. The molecule has 3 nitrogen and oxygen atoms in total. The lowest BCUT2D eigenvalue weighted by Crippen LogP contribution is -2.42. The molecule has 0 spiro atoms. The number of benzene rings is 1. The maximum absolute atomic E-state index is 11.6. The van der Waals surface area contributed by atoms with Gasteiger partial charge in [-0.05, 0) is 37.2 Å². The second-order valence-electron chi connectivity index (χ2n) is 4.97. The Morgan fingerprint density at radius 1 is 1.33 bits per heavy atom. The third kappa shape index (κ3) is 3.57. The number of hydrogen-bond donors (Lipinski definition) is 1. The average Bonchev–Trinajstić information content (AvgIpc) is 2.33. The molecule has 0 aliphatic heterocycles. The molecule has 0 saturated heterocycles. The van der Waals surface area contributed by atoms with Crippen molar-refractivity contribution in [2.24, 2.45) is 11.7 Å². The van der Waals surface area contributed by atoms with Gasteiger partial charge in [0, 0.05) is 0 Å². The summed E-state index contributed by atoms with van der Waals surface area (Å²) in [5.74, 6) is 0.124. The Bertz CT molecular complexity index is 373. The zero-order chi connectivity index (χ0) is 12.8. The van der Waals surface area contributed by atoms with Gasteiger partial charge in [-0.25, -0.2) is 0 Å². The van der Waals surface area contributed by atoms with Gasteiger partial charge in [0.05, 0.1) is 6.61 Å². The number of carbonyl (C=O) groups is 1. The highest BCUT2D eigenvalue weighted by molar-refractivity contribution is 5.76. The predicted molar refractivity (Wildman–Crippen MR) is 71.0 cm³/mol. The van der Waals surface area contributed by atoms with Crippen LogP contribution in [0.2, 0.25) is 0 Å². The molecule has 1 saturated carbocycles. The highest BCUT2D eigenvalue weighted by Gasteiger charge is 2.30. The molecule has 1 aromatic rings. The quantitative estimate of drug-likeness (QED) is 0.620. The number of ether oxygens (including phenoxy) is 1. The molecule has 1 aliphatic rings. The number of rotatable bonds is 6. The highest BCUT2D eigenvalue weighted by Crippen LogP contribution is 2.29. The minimum absolute atomic E-state index is 0.229. The van der Waals surface area contributed by atoms with E-state index in [4.69, 9.17) is 10.5 Å². The van der Waals surface area contributed by atoms with Crippen molar-refractivity contribution in [1.29, 1.82) is 0 Å². The van der Waals surface area contributed by atoms with Crippen molar-refractivity contribution in [3.8, 4) is 0 Å². The van der Waals surface area contributed by atoms with Crippen molar-refractivity contribution in [3.05, 3.63) is 35.9 Å². The Morgan fingerprint density at radius 2 is 2.06 bits per heavy atom. The Balaban J connectivity index is 1.61. The molecule has 0 amide bonds. The van der Waals surface area contributed by atoms with Crippen LogP contribution in [-0.4, -0.2) is 18.6 Å². The van der Waals surface area contributed by atoms with Crippen molar-refractivity contribution >= 4 is 5.97 Å². The summed E-state index contributed by atoms with van der Waals surface area (Å²) in [5.41, 5.74) is 7.12. The van der Waals surface area contributed by atoms with Crippen LogP contribution in [-0.2, 0) is 16.0 Å². The third-order valence-electron chi connectivity index (χ3n) is 3.63. The van der Waals surface area contributed by atoms with Crippen LogP contribution in [0.15, 0.2) is 30.3 Å². The minimum atomic E-state index is -0.407. The molecule has 3 heteroatoms. The van der Waals surface area contributed by atoms with Gasteiger partial charge in [0.1, 0.15) is 6.04 Å². The Kier molecular flexibility index (Phi) is 4.76. The van der Waals surface area contributed by atoms with Gasteiger partial charge >= 0.3 is 5.97 Å². The first-order valence-electron chi connectivity index (χ1n) is 6.73. The number of aryl methyl sites for hydroxylation is 1. The van der Waals surface area contributed by atoms with E-state index in [0.717, 1.165) is 25.7 Å². The van der Waals surface area contributed by atoms with Crippen LogP contribution < -0.4 is 5.73 Å². The molecule has 1 aliphatic carbocycles. The number of nitrogens with two attached hydrogens (primary N) is 1. The lowest BCUT2D eigenvalue weighted by atomic mass is 9.80. The van der Waals surface area contributed by atoms with Gasteiger partial charge in [-0.1, -0.05) is 36.8 Å². The maximum atomic E-state index is 11.6. The van der Waals surface area contributed by atoms with Gasteiger partial charge in [-0.15, -0.1) is 0 Å². The first-order chi connectivity index (χ1) is 8.77. The molecule has 2 rings (SSSR count). The van der Waals surface area contributed by atoms with E-state index in [2.05, 4.69) is 12.1 Å². The van der Waals surface area contributed by atoms with Crippen molar-refractivity contribution in [3.63, 3.8) is 0 Å². The third-order valence-corrected chi connectivity index (χ3v) is 3.63. The standard InChI is InChI=1S/C15H21NO2/c16-14(13-9-4-10-13)15(17)18-11-5-8-12-6-2-1-3-7-12/h1-3,6-7,13-14H,4-5,8-11,16H2. The molecule has 2 N–H and O–H groups in total. The summed E-state index contributed by atoms with van der Waals surface area (Å²) >= 11 is 0. The van der Waals surface area contributed by atoms with E-state index in [1.165, 1.54) is 12.0 Å². The lowest BCUT2D eigenvalue weighted by molar-refractivity contribution is -0.147. The van der Waals surface area contributed by atoms with E-state index in [1.807, 2.05) is 18.2 Å². The molecule has 98 valence electrons. The molecule has 1 unspecified atom stereocenters. The molecule has 1 atom stereocenters. The second-order valence-corrected chi connectivity index (χ2v) is 4.97. The van der Waals surface area contributed by atoms with Gasteiger partial charge in [0.15, 0.2) is 0 Å². The van der Waals surface area contributed by atoms with Crippen molar-refractivity contribution < 1.29 is 9.53 Å². The van der Waals surface area contributed by atoms with Gasteiger partial charge < -0.3 is 10.5 Å². The Morgan fingerprint density at radius 3 is 2.67 bits per heavy atom. The number of esters is 1. The molecule has 1 aromatic carbocycles. The topological polar surface area (TPSA) is 52.3 Å². The van der Waals surface area contributed by atoms with Crippen LogP contribution in [0.3, 0.4) is 0 Å². The zero-order valence-electron chi connectivity index (χ0n) is 10.7. The fourth-order valence-electron chi connectivity index (χ4n) is 2.18. The summed E-state index contributed by atoms with van der Waals surface area (Å²) in [6.07, 6.45) is 5.13. The second kappa shape index (κ2) is 6.55. The lowest BCUT2D eigenvalue weighted by Gasteiger charge is -2.29. The summed E-state index contributed by atoms with van der Waals surface area (Å²) in [6.45, 7) is 0.466. The van der Waals surface area contributed by atoms with Crippen LogP contribution in [0.25, 0.3) is 0 Å². The molecular formula is C15H21NO2. The summed E-state index contributed by atoms with van der Waals surface area (Å²) in [4.78, 5) is 11.6. The molecule has 1 fully saturated rings. The minimum Gasteiger partial charge on any atom is -0.465 e. The molecule has 18 heavy (non-hydrogen) atoms. The zero-order valence-corrected chi connectivity index (χ0v) is 10.7. The fraction of sp³-hybridized carbons (Fsp3) is 0.533. The SMILES string of the molecule is NC(C(=O)OCCCc1ccccc1)C1CCC1. The Hall–Kier alpha value is -1.35. The maximum Gasteiger partial charge on any atom is 0.323 e. The van der Waals surface area contributed by atoms with E-state index >= 15 is 0 Å². The smallest absolute Gasteiger partial charge is 0.323 e. The molecule has 0 heterocycles. The van der Waals surface area contributed by atoms with E-state index in [9.17, 15) is 4.79 Å². The van der Waals surface area contributed by atoms with E-state index < -0.39 is 6.04 Å². The van der Waals surface area contributed by atoms with Gasteiger partial charge in [0.25, 0.3) is 0 Å². The molecular weight excluding hydrogens is 226 g/mol. The molecule has 0 bridgehead atoms. The number of carbonyl (C=O) groups excluding carboxylic acids is 1. The summed E-state index contributed by atoms with van der Waals surface area (Å²) < 4.78 is 5.22. The van der Waals surface area contributed by atoms with Gasteiger partial charge in [-0.2, -0.15) is 0 Å².